The van der Waals surface area contributed by atoms with E-state index < -0.39 is 0 Å². The Kier molecular flexibility index (Phi) is 5.12. The van der Waals surface area contributed by atoms with E-state index in [1.807, 2.05) is 6.07 Å². The Morgan fingerprint density at radius 1 is 1.33 bits per heavy atom. The molecule has 84 valence electrons. The van der Waals surface area contributed by atoms with Crippen molar-refractivity contribution in [2.45, 2.75) is 39.3 Å². The summed E-state index contributed by atoms with van der Waals surface area (Å²) in [5, 5.41) is 12.8. The van der Waals surface area contributed by atoms with Crippen LogP contribution in [0.3, 0.4) is 0 Å². The molecular formula is C12H18BrNO. The minimum atomic E-state index is 0.319. The smallest absolute Gasteiger partial charge is 0.115 e. The number of phenolic OH excluding ortho intramolecular Hbond substituents is 1. The van der Waals surface area contributed by atoms with Crippen molar-refractivity contribution >= 4 is 15.9 Å². The second-order valence-corrected chi connectivity index (χ2v) is 4.52. The first-order valence-corrected chi connectivity index (χ1v) is 6.17. The molecular weight excluding hydrogens is 254 g/mol. The van der Waals surface area contributed by atoms with Gasteiger partial charge >= 0.3 is 0 Å². The van der Waals surface area contributed by atoms with Crippen molar-refractivity contribution in [1.29, 1.82) is 0 Å². The number of hydrogen-bond acceptors (Lipinski definition) is 2. The van der Waals surface area contributed by atoms with Gasteiger partial charge in [0.25, 0.3) is 0 Å². The predicted octanol–water partition coefficient (Wildman–Crippen LogP) is 3.43. The zero-order valence-corrected chi connectivity index (χ0v) is 10.8. The maximum absolute atomic E-state index is 9.37. The van der Waals surface area contributed by atoms with Crippen molar-refractivity contribution in [3.05, 3.63) is 28.2 Å². The lowest BCUT2D eigenvalue weighted by molar-refractivity contribution is 0.468. The number of phenols is 1. The molecule has 0 saturated heterocycles. The van der Waals surface area contributed by atoms with Crippen LogP contribution in [-0.4, -0.2) is 11.1 Å². The van der Waals surface area contributed by atoms with E-state index in [1.54, 1.807) is 12.1 Å². The molecule has 0 saturated carbocycles. The Hall–Kier alpha value is -0.540. The van der Waals surface area contributed by atoms with Crippen molar-refractivity contribution in [3.63, 3.8) is 0 Å². The lowest BCUT2D eigenvalue weighted by Gasteiger charge is -2.15. The van der Waals surface area contributed by atoms with Gasteiger partial charge in [0.05, 0.1) is 0 Å². The van der Waals surface area contributed by atoms with Crippen molar-refractivity contribution in [2.24, 2.45) is 0 Å². The molecule has 0 aromatic heterocycles. The fraction of sp³-hybridized carbons (Fsp3) is 0.500. The lowest BCUT2D eigenvalue weighted by atomic mass is 10.1. The van der Waals surface area contributed by atoms with Crippen LogP contribution in [-0.2, 0) is 6.54 Å². The molecule has 2 nitrogen and oxygen atoms in total. The van der Waals surface area contributed by atoms with Gasteiger partial charge in [-0.05, 0) is 36.6 Å². The van der Waals surface area contributed by atoms with Gasteiger partial charge in [-0.2, -0.15) is 0 Å². The molecule has 1 aromatic rings. The van der Waals surface area contributed by atoms with Gasteiger partial charge in [-0.1, -0.05) is 29.8 Å². The molecule has 1 aromatic carbocycles. The quantitative estimate of drug-likeness (QED) is 0.860. The van der Waals surface area contributed by atoms with E-state index in [4.69, 9.17) is 0 Å². The van der Waals surface area contributed by atoms with Gasteiger partial charge in [0.15, 0.2) is 0 Å². The molecule has 0 amide bonds. The third-order valence-corrected chi connectivity index (χ3v) is 3.37. The average Bonchev–Trinajstić information content (AvgIpc) is 2.24. The van der Waals surface area contributed by atoms with Crippen LogP contribution in [0.15, 0.2) is 22.7 Å². The van der Waals surface area contributed by atoms with Gasteiger partial charge < -0.3 is 10.4 Å². The molecule has 0 radical (unpaired) electrons. The number of halogens is 1. The second kappa shape index (κ2) is 6.13. The molecule has 0 bridgehead atoms. The molecule has 0 fully saturated rings. The highest BCUT2D eigenvalue weighted by atomic mass is 79.9. The first kappa shape index (κ1) is 12.5. The van der Waals surface area contributed by atoms with Crippen LogP contribution in [0.4, 0.5) is 0 Å². The molecule has 0 aliphatic heterocycles. The fourth-order valence-electron chi connectivity index (χ4n) is 1.53. The van der Waals surface area contributed by atoms with Gasteiger partial charge in [0.1, 0.15) is 5.75 Å². The Morgan fingerprint density at radius 3 is 2.60 bits per heavy atom. The number of nitrogens with one attached hydrogen (secondary N) is 1. The molecule has 1 rings (SSSR count). The first-order chi connectivity index (χ1) is 7.17. The number of hydrogen-bond donors (Lipinski definition) is 2. The summed E-state index contributed by atoms with van der Waals surface area (Å²) >= 11 is 3.47. The highest BCUT2D eigenvalue weighted by molar-refractivity contribution is 9.10. The van der Waals surface area contributed by atoms with Gasteiger partial charge in [0, 0.05) is 17.1 Å². The van der Waals surface area contributed by atoms with Crippen LogP contribution in [0.5, 0.6) is 5.75 Å². The Labute approximate surface area is 99.8 Å². The van der Waals surface area contributed by atoms with Crippen molar-refractivity contribution in [3.8, 4) is 5.75 Å². The molecule has 0 aliphatic carbocycles. The summed E-state index contributed by atoms with van der Waals surface area (Å²) in [6.07, 6.45) is 2.26. The van der Waals surface area contributed by atoms with Crippen LogP contribution in [0.25, 0.3) is 0 Å². The average molecular weight is 272 g/mol. The molecule has 15 heavy (non-hydrogen) atoms. The van der Waals surface area contributed by atoms with Crippen LogP contribution < -0.4 is 5.32 Å². The third-order valence-electron chi connectivity index (χ3n) is 2.60. The van der Waals surface area contributed by atoms with E-state index in [0.29, 0.717) is 11.8 Å². The molecule has 0 unspecified atom stereocenters. The highest BCUT2D eigenvalue weighted by Gasteiger charge is 2.05. The molecule has 3 heteroatoms. The van der Waals surface area contributed by atoms with E-state index in [9.17, 15) is 5.11 Å². The summed E-state index contributed by atoms with van der Waals surface area (Å²) in [6.45, 7) is 5.15. The summed E-state index contributed by atoms with van der Waals surface area (Å²) < 4.78 is 1.04. The van der Waals surface area contributed by atoms with Crippen LogP contribution in [0, 0.1) is 0 Å². The molecule has 2 N–H and O–H groups in total. The van der Waals surface area contributed by atoms with Crippen LogP contribution >= 0.6 is 15.9 Å². The Bertz CT molecular complexity index is 310. The fourth-order valence-corrected chi connectivity index (χ4v) is 1.92. The zero-order valence-electron chi connectivity index (χ0n) is 9.26. The van der Waals surface area contributed by atoms with Crippen molar-refractivity contribution < 1.29 is 5.11 Å². The van der Waals surface area contributed by atoms with Crippen LogP contribution in [0.1, 0.15) is 32.3 Å². The largest absolute Gasteiger partial charge is 0.508 e. The third kappa shape index (κ3) is 3.84. The minimum absolute atomic E-state index is 0.319. The maximum Gasteiger partial charge on any atom is 0.115 e. The molecule has 0 atom stereocenters. The summed E-state index contributed by atoms with van der Waals surface area (Å²) in [7, 11) is 0. The predicted molar refractivity (Wildman–Crippen MR) is 67.0 cm³/mol. The minimum Gasteiger partial charge on any atom is -0.508 e. The van der Waals surface area contributed by atoms with Gasteiger partial charge in [-0.15, -0.1) is 0 Å². The van der Waals surface area contributed by atoms with E-state index in [-0.39, 0.29) is 0 Å². The topological polar surface area (TPSA) is 32.3 Å². The lowest BCUT2D eigenvalue weighted by Crippen LogP contribution is -2.27. The van der Waals surface area contributed by atoms with Gasteiger partial charge in [0.2, 0.25) is 0 Å². The summed E-state index contributed by atoms with van der Waals surface area (Å²) in [4.78, 5) is 0. The molecule has 0 spiro atoms. The van der Waals surface area contributed by atoms with E-state index in [0.717, 1.165) is 29.4 Å². The van der Waals surface area contributed by atoms with Gasteiger partial charge in [-0.3, -0.25) is 0 Å². The van der Waals surface area contributed by atoms with E-state index >= 15 is 0 Å². The van der Waals surface area contributed by atoms with E-state index in [1.165, 1.54) is 0 Å². The summed E-state index contributed by atoms with van der Waals surface area (Å²) in [6, 6.07) is 5.91. The molecule has 0 aliphatic rings. The normalized spacial score (nSPS) is 10.9. The number of aromatic hydroxyl groups is 1. The Balaban J connectivity index is 2.60. The maximum atomic E-state index is 9.37. The highest BCUT2D eigenvalue weighted by Crippen LogP contribution is 2.21. The summed E-state index contributed by atoms with van der Waals surface area (Å²) in [5.74, 6) is 0.319. The monoisotopic (exact) mass is 271 g/mol. The van der Waals surface area contributed by atoms with E-state index in [2.05, 4.69) is 35.1 Å². The van der Waals surface area contributed by atoms with Crippen molar-refractivity contribution in [2.75, 3.05) is 0 Å². The SMILES string of the molecule is CCC(CC)NCc1cc(O)ccc1Br. The number of benzene rings is 1. The standard InChI is InChI=1S/C12H18BrNO/c1-3-10(4-2)14-8-9-7-11(15)5-6-12(9)13/h5-7,10,14-15H,3-4,8H2,1-2H3. The zero-order chi connectivity index (χ0) is 11.3. The molecule has 0 heterocycles. The Morgan fingerprint density at radius 2 is 2.00 bits per heavy atom. The summed E-state index contributed by atoms with van der Waals surface area (Å²) in [5.41, 5.74) is 1.10. The second-order valence-electron chi connectivity index (χ2n) is 3.67. The van der Waals surface area contributed by atoms with Crippen molar-refractivity contribution in [1.82, 2.24) is 5.32 Å². The number of rotatable bonds is 5. The van der Waals surface area contributed by atoms with Gasteiger partial charge in [-0.25, -0.2) is 0 Å². The first-order valence-electron chi connectivity index (χ1n) is 5.38. The van der Waals surface area contributed by atoms with Crippen LogP contribution in [0.2, 0.25) is 0 Å².